The smallest absolute Gasteiger partial charge is 0.309 e. The zero-order valence-electron chi connectivity index (χ0n) is 8.69. The van der Waals surface area contributed by atoms with Gasteiger partial charge in [0, 0.05) is 0 Å². The Kier molecular flexibility index (Phi) is 5.60. The van der Waals surface area contributed by atoms with E-state index in [0.717, 1.165) is 0 Å². The zero-order chi connectivity index (χ0) is 11.1. The minimum atomic E-state index is -0.971. The van der Waals surface area contributed by atoms with Gasteiger partial charge in [-0.3, -0.25) is 9.59 Å². The fourth-order valence-electron chi connectivity index (χ4n) is 1.15. The highest BCUT2D eigenvalue weighted by Gasteiger charge is 2.29. The fourth-order valence-corrected chi connectivity index (χ4v) is 1.15. The Morgan fingerprint density at radius 3 is 2.43 bits per heavy atom. The molecule has 0 rings (SSSR count). The third-order valence-corrected chi connectivity index (χ3v) is 2.12. The van der Waals surface area contributed by atoms with E-state index in [1.165, 1.54) is 7.11 Å². The van der Waals surface area contributed by atoms with E-state index in [-0.39, 0.29) is 0 Å². The average Bonchev–Trinajstić information content (AvgIpc) is 2.16. The van der Waals surface area contributed by atoms with Crippen molar-refractivity contribution in [3.63, 3.8) is 0 Å². The number of carbonyl (C=O) groups excluding carboxylic acids is 1. The summed E-state index contributed by atoms with van der Waals surface area (Å²) in [6.45, 7) is 3.37. The second kappa shape index (κ2) is 6.18. The van der Waals surface area contributed by atoms with Crippen LogP contribution in [0.3, 0.4) is 0 Å². The van der Waals surface area contributed by atoms with Crippen molar-refractivity contribution in [2.24, 2.45) is 11.8 Å². The SMILES string of the molecule is CC=CCC(C(=O)O)C(C)C(=O)OC. The lowest BCUT2D eigenvalue weighted by atomic mass is 9.91. The standard InChI is InChI=1S/C10H16O4/c1-4-5-6-8(9(11)12)7(2)10(13)14-3/h4-5,7-8H,6H2,1-3H3,(H,11,12). The summed E-state index contributed by atoms with van der Waals surface area (Å²) in [6.07, 6.45) is 3.85. The molecule has 0 fully saturated rings. The predicted molar refractivity (Wildman–Crippen MR) is 51.7 cm³/mol. The molecule has 0 aromatic carbocycles. The summed E-state index contributed by atoms with van der Waals surface area (Å²) in [5.74, 6) is -2.78. The first-order chi connectivity index (χ1) is 6.54. The van der Waals surface area contributed by atoms with Gasteiger partial charge in [-0.05, 0) is 13.3 Å². The maximum absolute atomic E-state index is 11.1. The van der Waals surface area contributed by atoms with Crippen LogP contribution in [0.5, 0.6) is 0 Å². The first-order valence-electron chi connectivity index (χ1n) is 4.46. The summed E-state index contributed by atoms with van der Waals surface area (Å²) in [7, 11) is 1.26. The number of methoxy groups -OCH3 is 1. The van der Waals surface area contributed by atoms with Gasteiger partial charge in [0.25, 0.3) is 0 Å². The molecule has 80 valence electrons. The minimum Gasteiger partial charge on any atom is -0.481 e. The van der Waals surface area contributed by atoms with Crippen molar-refractivity contribution < 1.29 is 19.4 Å². The molecule has 1 N–H and O–H groups in total. The van der Waals surface area contributed by atoms with Gasteiger partial charge < -0.3 is 9.84 Å². The van der Waals surface area contributed by atoms with Crippen molar-refractivity contribution in [2.45, 2.75) is 20.3 Å². The number of carbonyl (C=O) groups is 2. The highest BCUT2D eigenvalue weighted by atomic mass is 16.5. The molecule has 0 radical (unpaired) electrons. The molecule has 0 saturated carbocycles. The fraction of sp³-hybridized carbons (Fsp3) is 0.600. The lowest BCUT2D eigenvalue weighted by Gasteiger charge is -2.16. The van der Waals surface area contributed by atoms with E-state index in [1.54, 1.807) is 19.1 Å². The summed E-state index contributed by atoms with van der Waals surface area (Å²) < 4.78 is 4.50. The van der Waals surface area contributed by atoms with Gasteiger partial charge in [0.2, 0.25) is 0 Å². The van der Waals surface area contributed by atoms with Crippen LogP contribution in [0.4, 0.5) is 0 Å². The number of aliphatic carboxylic acids is 1. The van der Waals surface area contributed by atoms with Crippen LogP contribution in [0, 0.1) is 11.8 Å². The van der Waals surface area contributed by atoms with Gasteiger partial charge >= 0.3 is 11.9 Å². The first kappa shape index (κ1) is 12.7. The van der Waals surface area contributed by atoms with Crippen LogP contribution in [0.1, 0.15) is 20.3 Å². The maximum atomic E-state index is 11.1. The maximum Gasteiger partial charge on any atom is 0.309 e. The highest BCUT2D eigenvalue weighted by molar-refractivity contribution is 5.80. The van der Waals surface area contributed by atoms with E-state index in [2.05, 4.69) is 4.74 Å². The van der Waals surface area contributed by atoms with Gasteiger partial charge in [0.05, 0.1) is 18.9 Å². The number of esters is 1. The second-order valence-corrected chi connectivity index (χ2v) is 3.06. The van der Waals surface area contributed by atoms with Gasteiger partial charge in [-0.25, -0.2) is 0 Å². The molecule has 0 amide bonds. The van der Waals surface area contributed by atoms with Crippen LogP contribution in [0.2, 0.25) is 0 Å². The van der Waals surface area contributed by atoms with Crippen LogP contribution >= 0.6 is 0 Å². The van der Waals surface area contributed by atoms with Crippen LogP contribution in [-0.4, -0.2) is 24.2 Å². The average molecular weight is 200 g/mol. The van der Waals surface area contributed by atoms with Gasteiger partial charge in [0.15, 0.2) is 0 Å². The van der Waals surface area contributed by atoms with E-state index in [0.29, 0.717) is 6.42 Å². The van der Waals surface area contributed by atoms with Crippen molar-refractivity contribution >= 4 is 11.9 Å². The van der Waals surface area contributed by atoms with Gasteiger partial charge in [-0.2, -0.15) is 0 Å². The molecule has 2 unspecified atom stereocenters. The number of ether oxygens (including phenoxy) is 1. The normalized spacial score (nSPS) is 15.1. The number of carboxylic acid groups (broad SMARTS) is 1. The molecule has 4 heteroatoms. The Bertz CT molecular complexity index is 232. The van der Waals surface area contributed by atoms with Crippen LogP contribution in [-0.2, 0) is 14.3 Å². The van der Waals surface area contributed by atoms with E-state index in [1.807, 2.05) is 6.92 Å². The highest BCUT2D eigenvalue weighted by Crippen LogP contribution is 2.18. The van der Waals surface area contributed by atoms with Crippen LogP contribution in [0.15, 0.2) is 12.2 Å². The number of hydrogen-bond donors (Lipinski definition) is 1. The van der Waals surface area contributed by atoms with Crippen molar-refractivity contribution in [3.8, 4) is 0 Å². The van der Waals surface area contributed by atoms with Crippen LogP contribution < -0.4 is 0 Å². The summed E-state index contributed by atoms with van der Waals surface area (Å²) >= 11 is 0. The van der Waals surface area contributed by atoms with Crippen molar-refractivity contribution in [3.05, 3.63) is 12.2 Å². The minimum absolute atomic E-state index is 0.349. The van der Waals surface area contributed by atoms with Crippen molar-refractivity contribution in [1.82, 2.24) is 0 Å². The Hall–Kier alpha value is -1.32. The van der Waals surface area contributed by atoms with Crippen molar-refractivity contribution in [1.29, 1.82) is 0 Å². The molecule has 0 aliphatic carbocycles. The zero-order valence-corrected chi connectivity index (χ0v) is 8.69. The summed E-state index contributed by atoms with van der Waals surface area (Å²) in [5, 5.41) is 8.87. The third-order valence-electron chi connectivity index (χ3n) is 2.12. The molecule has 0 saturated heterocycles. The molecular weight excluding hydrogens is 184 g/mol. The molecule has 0 aliphatic rings. The third kappa shape index (κ3) is 3.60. The lowest BCUT2D eigenvalue weighted by molar-refractivity contribution is -0.154. The number of hydrogen-bond acceptors (Lipinski definition) is 3. The monoisotopic (exact) mass is 200 g/mol. The molecular formula is C10H16O4. The van der Waals surface area contributed by atoms with E-state index in [9.17, 15) is 9.59 Å². The summed E-state index contributed by atoms with van der Waals surface area (Å²) in [4.78, 5) is 21.9. The topological polar surface area (TPSA) is 63.6 Å². The summed E-state index contributed by atoms with van der Waals surface area (Å²) in [5.41, 5.74) is 0. The van der Waals surface area contributed by atoms with Crippen LogP contribution in [0.25, 0.3) is 0 Å². The molecule has 2 atom stereocenters. The number of carboxylic acids is 1. The molecule has 0 bridgehead atoms. The van der Waals surface area contributed by atoms with Gasteiger partial charge in [0.1, 0.15) is 0 Å². The van der Waals surface area contributed by atoms with E-state index < -0.39 is 23.8 Å². The Morgan fingerprint density at radius 1 is 1.50 bits per heavy atom. The predicted octanol–water partition coefficient (Wildman–Crippen LogP) is 1.46. The Morgan fingerprint density at radius 2 is 2.07 bits per heavy atom. The number of allylic oxidation sites excluding steroid dienone is 2. The largest absolute Gasteiger partial charge is 0.481 e. The molecule has 0 aromatic heterocycles. The van der Waals surface area contributed by atoms with Gasteiger partial charge in [-0.15, -0.1) is 0 Å². The Balaban J connectivity index is 4.48. The van der Waals surface area contributed by atoms with Gasteiger partial charge in [-0.1, -0.05) is 19.1 Å². The van der Waals surface area contributed by atoms with E-state index in [4.69, 9.17) is 5.11 Å². The Labute approximate surface area is 83.6 Å². The molecule has 0 spiro atoms. The quantitative estimate of drug-likeness (QED) is 0.539. The first-order valence-corrected chi connectivity index (χ1v) is 4.46. The molecule has 4 nitrogen and oxygen atoms in total. The summed E-state index contributed by atoms with van der Waals surface area (Å²) in [6, 6.07) is 0. The lowest BCUT2D eigenvalue weighted by Crippen LogP contribution is -2.28. The second-order valence-electron chi connectivity index (χ2n) is 3.06. The molecule has 0 aliphatic heterocycles. The van der Waals surface area contributed by atoms with E-state index >= 15 is 0 Å². The van der Waals surface area contributed by atoms with Crippen molar-refractivity contribution in [2.75, 3.05) is 7.11 Å². The molecule has 0 heterocycles. The molecule has 14 heavy (non-hydrogen) atoms. The number of rotatable bonds is 5. The molecule has 0 aromatic rings.